The summed E-state index contributed by atoms with van der Waals surface area (Å²) in [5, 5.41) is 3.09. The fraction of sp³-hybridized carbons (Fsp3) is 0.929. The van der Waals surface area contributed by atoms with Crippen LogP contribution in [0.15, 0.2) is 0 Å². The zero-order chi connectivity index (χ0) is 12.8. The van der Waals surface area contributed by atoms with Crippen LogP contribution in [0.4, 0.5) is 0 Å². The van der Waals surface area contributed by atoms with Crippen LogP contribution in [0.25, 0.3) is 0 Å². The van der Waals surface area contributed by atoms with E-state index in [9.17, 15) is 4.79 Å². The first-order chi connectivity index (χ1) is 8.79. The van der Waals surface area contributed by atoms with E-state index in [4.69, 9.17) is 10.5 Å². The zero-order valence-corrected chi connectivity index (χ0v) is 11.2. The first kappa shape index (κ1) is 13.8. The number of rotatable bonds is 5. The van der Waals surface area contributed by atoms with Gasteiger partial charge in [0.05, 0.1) is 0 Å². The number of hydrogen-bond acceptors (Lipinski definition) is 3. The molecule has 1 heterocycles. The lowest BCUT2D eigenvalue weighted by Crippen LogP contribution is -2.36. The van der Waals surface area contributed by atoms with Crippen molar-refractivity contribution in [3.05, 3.63) is 0 Å². The standard InChI is InChI=1S/C14H26N2O2/c15-9-12-2-1-3-13(8-12)14(17)16-6-4-11-5-7-18-10-11/h11-13H,1-10,15H2,(H,16,17). The van der Waals surface area contributed by atoms with Crippen molar-refractivity contribution in [1.29, 1.82) is 0 Å². The number of hydrogen-bond donors (Lipinski definition) is 2. The number of carbonyl (C=O) groups excluding carboxylic acids is 1. The number of amides is 1. The third-order valence-electron chi connectivity index (χ3n) is 4.36. The first-order valence-corrected chi connectivity index (χ1v) is 7.35. The van der Waals surface area contributed by atoms with Crippen LogP contribution >= 0.6 is 0 Å². The lowest BCUT2D eigenvalue weighted by Gasteiger charge is -2.27. The van der Waals surface area contributed by atoms with Crippen molar-refractivity contribution >= 4 is 5.91 Å². The van der Waals surface area contributed by atoms with Gasteiger partial charge in [0.25, 0.3) is 0 Å². The average Bonchev–Trinajstić information content (AvgIpc) is 2.92. The van der Waals surface area contributed by atoms with E-state index >= 15 is 0 Å². The second kappa shape index (κ2) is 7.10. The van der Waals surface area contributed by atoms with Crippen molar-refractivity contribution in [2.75, 3.05) is 26.3 Å². The molecule has 0 aromatic rings. The molecule has 18 heavy (non-hydrogen) atoms. The monoisotopic (exact) mass is 254 g/mol. The molecule has 0 radical (unpaired) electrons. The Morgan fingerprint density at radius 1 is 1.28 bits per heavy atom. The molecular formula is C14H26N2O2. The van der Waals surface area contributed by atoms with Crippen molar-refractivity contribution < 1.29 is 9.53 Å². The third-order valence-corrected chi connectivity index (χ3v) is 4.36. The Morgan fingerprint density at radius 3 is 2.89 bits per heavy atom. The SMILES string of the molecule is NCC1CCCC(C(=O)NCCC2CCOC2)C1. The third kappa shape index (κ3) is 3.95. The minimum Gasteiger partial charge on any atom is -0.381 e. The lowest BCUT2D eigenvalue weighted by atomic mass is 9.81. The molecule has 104 valence electrons. The van der Waals surface area contributed by atoms with Gasteiger partial charge in [-0.15, -0.1) is 0 Å². The Kier molecular flexibility index (Phi) is 5.45. The van der Waals surface area contributed by atoms with Gasteiger partial charge in [-0.1, -0.05) is 6.42 Å². The van der Waals surface area contributed by atoms with E-state index < -0.39 is 0 Å². The molecule has 1 aliphatic carbocycles. The Labute approximate surface area is 110 Å². The van der Waals surface area contributed by atoms with Gasteiger partial charge in [-0.3, -0.25) is 4.79 Å². The second-order valence-electron chi connectivity index (χ2n) is 5.77. The van der Waals surface area contributed by atoms with E-state index in [-0.39, 0.29) is 11.8 Å². The number of nitrogens with one attached hydrogen (secondary N) is 1. The van der Waals surface area contributed by atoms with Gasteiger partial charge in [0, 0.05) is 25.7 Å². The van der Waals surface area contributed by atoms with Crippen molar-refractivity contribution in [1.82, 2.24) is 5.32 Å². The summed E-state index contributed by atoms with van der Waals surface area (Å²) in [4.78, 5) is 12.1. The maximum Gasteiger partial charge on any atom is 0.223 e. The Bertz CT molecular complexity index is 265. The van der Waals surface area contributed by atoms with Crippen LogP contribution in [0.2, 0.25) is 0 Å². The van der Waals surface area contributed by atoms with Gasteiger partial charge >= 0.3 is 0 Å². The first-order valence-electron chi connectivity index (χ1n) is 7.35. The van der Waals surface area contributed by atoms with Crippen LogP contribution in [0.1, 0.15) is 38.5 Å². The summed E-state index contributed by atoms with van der Waals surface area (Å²) < 4.78 is 5.33. The van der Waals surface area contributed by atoms with Crippen LogP contribution in [0.3, 0.4) is 0 Å². The molecule has 1 saturated heterocycles. The van der Waals surface area contributed by atoms with Crippen molar-refractivity contribution in [2.24, 2.45) is 23.5 Å². The summed E-state index contributed by atoms with van der Waals surface area (Å²) in [7, 11) is 0. The Balaban J connectivity index is 1.64. The maximum atomic E-state index is 12.1. The molecular weight excluding hydrogens is 228 g/mol. The summed E-state index contributed by atoms with van der Waals surface area (Å²) in [5.74, 6) is 1.64. The largest absolute Gasteiger partial charge is 0.381 e. The Morgan fingerprint density at radius 2 is 2.17 bits per heavy atom. The summed E-state index contributed by atoms with van der Waals surface area (Å²) >= 11 is 0. The van der Waals surface area contributed by atoms with Gasteiger partial charge in [-0.05, 0) is 50.5 Å². The van der Waals surface area contributed by atoms with E-state index in [1.54, 1.807) is 0 Å². The highest BCUT2D eigenvalue weighted by atomic mass is 16.5. The molecule has 1 aliphatic heterocycles. The molecule has 1 amide bonds. The van der Waals surface area contributed by atoms with Gasteiger partial charge in [0.1, 0.15) is 0 Å². The Hall–Kier alpha value is -0.610. The number of nitrogens with two attached hydrogens (primary N) is 1. The smallest absolute Gasteiger partial charge is 0.223 e. The van der Waals surface area contributed by atoms with Crippen molar-refractivity contribution in [3.8, 4) is 0 Å². The number of carbonyl (C=O) groups is 1. The van der Waals surface area contributed by atoms with Crippen LogP contribution < -0.4 is 11.1 Å². The molecule has 2 aliphatic rings. The quantitative estimate of drug-likeness (QED) is 0.777. The maximum absolute atomic E-state index is 12.1. The molecule has 4 heteroatoms. The molecule has 4 nitrogen and oxygen atoms in total. The highest BCUT2D eigenvalue weighted by Crippen LogP contribution is 2.28. The van der Waals surface area contributed by atoms with E-state index in [1.807, 2.05) is 0 Å². The molecule has 2 fully saturated rings. The summed E-state index contributed by atoms with van der Waals surface area (Å²) in [6, 6.07) is 0. The second-order valence-corrected chi connectivity index (χ2v) is 5.77. The fourth-order valence-corrected chi connectivity index (χ4v) is 3.10. The van der Waals surface area contributed by atoms with Crippen LogP contribution in [0.5, 0.6) is 0 Å². The summed E-state index contributed by atoms with van der Waals surface area (Å²) in [6.45, 7) is 3.29. The molecule has 3 N–H and O–H groups in total. The molecule has 3 unspecified atom stereocenters. The topological polar surface area (TPSA) is 64.4 Å². The molecule has 0 aromatic heterocycles. The predicted molar refractivity (Wildman–Crippen MR) is 71.1 cm³/mol. The van der Waals surface area contributed by atoms with Gasteiger partial charge < -0.3 is 15.8 Å². The molecule has 0 spiro atoms. The van der Waals surface area contributed by atoms with Crippen LogP contribution in [-0.2, 0) is 9.53 Å². The molecule has 0 aromatic carbocycles. The summed E-state index contributed by atoms with van der Waals surface area (Å²) in [5.41, 5.74) is 5.70. The molecule has 0 bridgehead atoms. The van der Waals surface area contributed by atoms with Gasteiger partial charge in [0.2, 0.25) is 5.91 Å². The summed E-state index contributed by atoms with van der Waals surface area (Å²) in [6.07, 6.45) is 6.56. The minimum atomic E-state index is 0.201. The minimum absolute atomic E-state index is 0.201. The van der Waals surface area contributed by atoms with E-state index in [2.05, 4.69) is 5.32 Å². The lowest BCUT2D eigenvalue weighted by molar-refractivity contribution is -0.126. The highest BCUT2D eigenvalue weighted by Gasteiger charge is 2.26. The van der Waals surface area contributed by atoms with Crippen molar-refractivity contribution in [2.45, 2.75) is 38.5 Å². The normalized spacial score (nSPS) is 32.4. The van der Waals surface area contributed by atoms with Crippen molar-refractivity contribution in [3.63, 3.8) is 0 Å². The average molecular weight is 254 g/mol. The van der Waals surface area contributed by atoms with Crippen LogP contribution in [0, 0.1) is 17.8 Å². The zero-order valence-electron chi connectivity index (χ0n) is 11.2. The highest BCUT2D eigenvalue weighted by molar-refractivity contribution is 5.78. The fourth-order valence-electron chi connectivity index (χ4n) is 3.10. The molecule has 3 atom stereocenters. The van der Waals surface area contributed by atoms with E-state index in [0.717, 1.165) is 58.4 Å². The van der Waals surface area contributed by atoms with Gasteiger partial charge in [-0.25, -0.2) is 0 Å². The number of ether oxygens (including phenoxy) is 1. The van der Waals surface area contributed by atoms with E-state index in [0.29, 0.717) is 11.8 Å². The van der Waals surface area contributed by atoms with E-state index in [1.165, 1.54) is 6.42 Å². The van der Waals surface area contributed by atoms with Crippen LogP contribution in [-0.4, -0.2) is 32.2 Å². The van der Waals surface area contributed by atoms with Gasteiger partial charge in [-0.2, -0.15) is 0 Å². The molecule has 1 saturated carbocycles. The molecule has 2 rings (SSSR count). The van der Waals surface area contributed by atoms with Gasteiger partial charge in [0.15, 0.2) is 0 Å². The predicted octanol–water partition coefficient (Wildman–Crippen LogP) is 1.29.